The first kappa shape index (κ1) is 11.7. The number of halogens is 3. The maximum Gasteiger partial charge on any atom is 0.280 e. The molecule has 1 aromatic rings. The predicted molar refractivity (Wildman–Crippen MR) is 52.5 cm³/mol. The first-order chi connectivity index (χ1) is 7.10. The molecular formula is C9H8ClF2N3. The van der Waals surface area contributed by atoms with E-state index in [4.69, 9.17) is 22.6 Å². The van der Waals surface area contributed by atoms with Crippen LogP contribution < -0.4 is 5.73 Å². The Kier molecular flexibility index (Phi) is 3.81. The monoisotopic (exact) mass is 231 g/mol. The second-order valence-corrected chi connectivity index (χ2v) is 3.11. The second kappa shape index (κ2) is 4.89. The number of anilines is 1. The van der Waals surface area contributed by atoms with Crippen LogP contribution in [0.2, 0.25) is 0 Å². The van der Waals surface area contributed by atoms with Gasteiger partial charge >= 0.3 is 0 Å². The van der Waals surface area contributed by atoms with Crippen LogP contribution in [0.5, 0.6) is 0 Å². The third-order valence-corrected chi connectivity index (χ3v) is 2.16. The van der Waals surface area contributed by atoms with Gasteiger partial charge < -0.3 is 5.73 Å². The molecule has 0 fully saturated rings. The summed E-state index contributed by atoms with van der Waals surface area (Å²) in [6.45, 7) is 0. The van der Waals surface area contributed by atoms with Gasteiger partial charge in [0, 0.05) is 11.4 Å². The molecule has 0 spiro atoms. The zero-order chi connectivity index (χ0) is 11.4. The highest BCUT2D eigenvalue weighted by Gasteiger charge is 2.16. The Morgan fingerprint density at radius 1 is 1.53 bits per heavy atom. The van der Waals surface area contributed by atoms with Gasteiger partial charge in [-0.15, -0.1) is 11.6 Å². The normalized spacial score (nSPS) is 10.3. The van der Waals surface area contributed by atoms with E-state index in [0.29, 0.717) is 5.56 Å². The summed E-state index contributed by atoms with van der Waals surface area (Å²) in [5.74, 6) is -0.119. The van der Waals surface area contributed by atoms with Gasteiger partial charge in [-0.1, -0.05) is 0 Å². The van der Waals surface area contributed by atoms with Gasteiger partial charge in [-0.3, -0.25) is 0 Å². The average molecular weight is 232 g/mol. The van der Waals surface area contributed by atoms with E-state index in [2.05, 4.69) is 4.98 Å². The Labute approximate surface area is 90.5 Å². The van der Waals surface area contributed by atoms with Gasteiger partial charge in [0.15, 0.2) is 0 Å². The number of pyridine rings is 1. The highest BCUT2D eigenvalue weighted by atomic mass is 35.5. The molecule has 1 aromatic heterocycles. The van der Waals surface area contributed by atoms with Crippen molar-refractivity contribution in [3.05, 3.63) is 22.9 Å². The topological polar surface area (TPSA) is 62.7 Å². The first-order valence-electron chi connectivity index (χ1n) is 4.09. The lowest BCUT2D eigenvalue weighted by Crippen LogP contribution is -2.05. The fourth-order valence-corrected chi connectivity index (χ4v) is 1.37. The third kappa shape index (κ3) is 2.54. The number of nitrogens with zero attached hydrogens (tertiary/aromatic N) is 2. The largest absolute Gasteiger partial charge is 0.383 e. The molecule has 0 aliphatic rings. The third-order valence-electron chi connectivity index (χ3n) is 1.87. The van der Waals surface area contributed by atoms with E-state index in [1.165, 1.54) is 6.07 Å². The van der Waals surface area contributed by atoms with Gasteiger partial charge in [0.1, 0.15) is 11.5 Å². The SMILES string of the molecule is N#CCc1cc(CCl)c(C(F)F)nc1N. The minimum Gasteiger partial charge on any atom is -0.383 e. The van der Waals surface area contributed by atoms with Crippen LogP contribution in [0.25, 0.3) is 0 Å². The van der Waals surface area contributed by atoms with Gasteiger partial charge in [-0.2, -0.15) is 5.26 Å². The van der Waals surface area contributed by atoms with Crippen molar-refractivity contribution in [3.63, 3.8) is 0 Å². The van der Waals surface area contributed by atoms with Gasteiger partial charge in [-0.05, 0) is 11.6 Å². The van der Waals surface area contributed by atoms with Crippen LogP contribution in [-0.4, -0.2) is 4.98 Å². The number of nitriles is 1. The summed E-state index contributed by atoms with van der Waals surface area (Å²) in [7, 11) is 0. The van der Waals surface area contributed by atoms with Gasteiger partial charge in [0.2, 0.25) is 0 Å². The highest BCUT2D eigenvalue weighted by Crippen LogP contribution is 2.25. The molecule has 0 aliphatic heterocycles. The molecule has 2 N–H and O–H groups in total. The van der Waals surface area contributed by atoms with Crippen LogP contribution in [0.4, 0.5) is 14.6 Å². The van der Waals surface area contributed by atoms with Crippen molar-refractivity contribution >= 4 is 17.4 Å². The van der Waals surface area contributed by atoms with E-state index in [9.17, 15) is 8.78 Å². The van der Waals surface area contributed by atoms with E-state index in [1.807, 2.05) is 6.07 Å². The molecule has 0 saturated carbocycles. The summed E-state index contributed by atoms with van der Waals surface area (Å²) in [5.41, 5.74) is 5.66. The minimum absolute atomic E-state index is 0.0340. The predicted octanol–water partition coefficient (Wildman–Crippen LogP) is 2.41. The van der Waals surface area contributed by atoms with E-state index in [1.54, 1.807) is 0 Å². The Balaban J connectivity index is 3.24. The molecule has 0 saturated heterocycles. The number of rotatable bonds is 3. The van der Waals surface area contributed by atoms with Crippen LogP contribution in [0.1, 0.15) is 23.2 Å². The fraction of sp³-hybridized carbons (Fsp3) is 0.333. The van der Waals surface area contributed by atoms with Crippen molar-refractivity contribution in [1.29, 1.82) is 5.26 Å². The first-order valence-corrected chi connectivity index (χ1v) is 4.62. The van der Waals surface area contributed by atoms with E-state index >= 15 is 0 Å². The number of aromatic nitrogens is 1. The minimum atomic E-state index is -2.71. The number of hydrogen-bond acceptors (Lipinski definition) is 3. The van der Waals surface area contributed by atoms with E-state index in [0.717, 1.165) is 0 Å². The molecule has 0 unspecified atom stereocenters. The van der Waals surface area contributed by atoms with Crippen LogP contribution >= 0.6 is 11.6 Å². The van der Waals surface area contributed by atoms with Crippen molar-refractivity contribution in [1.82, 2.24) is 4.98 Å². The second-order valence-electron chi connectivity index (χ2n) is 2.85. The molecule has 3 nitrogen and oxygen atoms in total. The quantitative estimate of drug-likeness (QED) is 0.813. The van der Waals surface area contributed by atoms with Crippen molar-refractivity contribution in [3.8, 4) is 6.07 Å². The van der Waals surface area contributed by atoms with Crippen molar-refractivity contribution in [2.75, 3.05) is 5.73 Å². The molecule has 15 heavy (non-hydrogen) atoms. The Hall–Kier alpha value is -1.41. The lowest BCUT2D eigenvalue weighted by Gasteiger charge is -2.09. The van der Waals surface area contributed by atoms with Gasteiger partial charge in [-0.25, -0.2) is 13.8 Å². The lowest BCUT2D eigenvalue weighted by molar-refractivity contribution is 0.145. The molecule has 80 valence electrons. The number of hydrogen-bond donors (Lipinski definition) is 1. The van der Waals surface area contributed by atoms with Crippen LogP contribution in [0, 0.1) is 11.3 Å². The standard InChI is InChI=1S/C9H8ClF2N3/c10-4-6-3-5(1-2-13)9(14)15-7(6)8(11)12/h3,8H,1,4H2,(H2,14,15). The van der Waals surface area contributed by atoms with E-state index in [-0.39, 0.29) is 23.7 Å². The molecule has 0 aromatic carbocycles. The summed E-state index contributed by atoms with van der Waals surface area (Å²) in [6.07, 6.45) is -2.68. The van der Waals surface area contributed by atoms with Gasteiger partial charge in [0.05, 0.1) is 12.5 Å². The smallest absolute Gasteiger partial charge is 0.280 e. The molecular weight excluding hydrogens is 224 g/mol. The zero-order valence-electron chi connectivity index (χ0n) is 7.67. The maximum absolute atomic E-state index is 12.5. The Morgan fingerprint density at radius 3 is 2.67 bits per heavy atom. The summed E-state index contributed by atoms with van der Waals surface area (Å²) >= 11 is 5.50. The summed E-state index contributed by atoms with van der Waals surface area (Å²) in [5, 5.41) is 8.47. The molecule has 0 aliphatic carbocycles. The molecule has 1 heterocycles. The molecule has 0 atom stereocenters. The molecule has 1 rings (SSSR count). The molecule has 0 bridgehead atoms. The zero-order valence-corrected chi connectivity index (χ0v) is 8.43. The number of nitrogens with two attached hydrogens (primary N) is 1. The summed E-state index contributed by atoms with van der Waals surface area (Å²) in [6, 6.07) is 3.28. The summed E-state index contributed by atoms with van der Waals surface area (Å²) in [4.78, 5) is 3.55. The number of nitrogen functional groups attached to an aromatic ring is 1. The fourth-order valence-electron chi connectivity index (χ4n) is 1.15. The van der Waals surface area contributed by atoms with Crippen LogP contribution in [-0.2, 0) is 12.3 Å². The Bertz CT molecular complexity index is 401. The average Bonchev–Trinajstić information content (AvgIpc) is 2.20. The van der Waals surface area contributed by atoms with Gasteiger partial charge in [0.25, 0.3) is 6.43 Å². The number of alkyl halides is 3. The van der Waals surface area contributed by atoms with Crippen LogP contribution in [0.3, 0.4) is 0 Å². The Morgan fingerprint density at radius 2 is 2.20 bits per heavy atom. The molecule has 0 amide bonds. The summed E-state index contributed by atoms with van der Waals surface area (Å²) < 4.78 is 24.9. The van der Waals surface area contributed by atoms with Crippen molar-refractivity contribution in [2.24, 2.45) is 0 Å². The highest BCUT2D eigenvalue weighted by molar-refractivity contribution is 6.17. The van der Waals surface area contributed by atoms with Crippen molar-refractivity contribution < 1.29 is 8.78 Å². The molecule has 6 heteroatoms. The lowest BCUT2D eigenvalue weighted by atomic mass is 10.1. The molecule has 0 radical (unpaired) electrons. The van der Waals surface area contributed by atoms with Crippen molar-refractivity contribution in [2.45, 2.75) is 18.7 Å². The van der Waals surface area contributed by atoms with Crippen LogP contribution in [0.15, 0.2) is 6.07 Å². The maximum atomic E-state index is 12.5. The van der Waals surface area contributed by atoms with E-state index < -0.39 is 12.1 Å².